The predicted molar refractivity (Wildman–Crippen MR) is 77.7 cm³/mol. The first-order valence-corrected chi connectivity index (χ1v) is 7.19. The highest BCUT2D eigenvalue weighted by molar-refractivity contribution is 5.03. The molecule has 0 amide bonds. The average molecular weight is 268 g/mol. The standard InChI is InChI=1S/C14H28N4O/c1-5-7-14(19-4)13(16-15)10-12-8-9-18(17-12)11(3)6-2/h8-9,11,13-14,16H,5-7,10,15H2,1-4H3. The van der Waals surface area contributed by atoms with Gasteiger partial charge in [-0.3, -0.25) is 16.0 Å². The van der Waals surface area contributed by atoms with Gasteiger partial charge in [-0.25, -0.2) is 0 Å². The van der Waals surface area contributed by atoms with Gasteiger partial charge in [0.1, 0.15) is 0 Å². The molecule has 0 spiro atoms. The van der Waals surface area contributed by atoms with E-state index in [4.69, 9.17) is 10.6 Å². The zero-order valence-electron chi connectivity index (χ0n) is 12.6. The summed E-state index contributed by atoms with van der Waals surface area (Å²) in [5, 5.41) is 4.61. The third kappa shape index (κ3) is 4.60. The lowest BCUT2D eigenvalue weighted by molar-refractivity contribution is 0.0605. The predicted octanol–water partition coefficient (Wildman–Crippen LogP) is 2.04. The summed E-state index contributed by atoms with van der Waals surface area (Å²) in [7, 11) is 1.74. The van der Waals surface area contributed by atoms with Gasteiger partial charge in [-0.1, -0.05) is 20.3 Å². The van der Waals surface area contributed by atoms with Gasteiger partial charge in [-0.2, -0.15) is 5.10 Å². The van der Waals surface area contributed by atoms with Crippen molar-refractivity contribution in [2.45, 2.75) is 64.6 Å². The Bertz CT molecular complexity index is 353. The second-order valence-corrected chi connectivity index (χ2v) is 5.08. The smallest absolute Gasteiger partial charge is 0.0741 e. The lowest BCUT2D eigenvalue weighted by atomic mass is 10.0. The summed E-state index contributed by atoms with van der Waals surface area (Å²) in [6.45, 7) is 6.49. The first kappa shape index (κ1) is 16.1. The van der Waals surface area contributed by atoms with Crippen LogP contribution in [0.2, 0.25) is 0 Å². The Balaban J connectivity index is 2.67. The second-order valence-electron chi connectivity index (χ2n) is 5.08. The summed E-state index contributed by atoms with van der Waals surface area (Å²) in [6, 6.07) is 2.60. The number of nitrogens with two attached hydrogens (primary N) is 1. The van der Waals surface area contributed by atoms with Crippen LogP contribution in [-0.4, -0.2) is 29.0 Å². The van der Waals surface area contributed by atoms with Crippen LogP contribution >= 0.6 is 0 Å². The van der Waals surface area contributed by atoms with Crippen LogP contribution in [0.1, 0.15) is 51.8 Å². The van der Waals surface area contributed by atoms with Crippen LogP contribution in [-0.2, 0) is 11.2 Å². The monoisotopic (exact) mass is 268 g/mol. The third-order valence-electron chi connectivity index (χ3n) is 3.67. The van der Waals surface area contributed by atoms with Crippen molar-refractivity contribution in [3.05, 3.63) is 18.0 Å². The van der Waals surface area contributed by atoms with Crippen molar-refractivity contribution >= 4 is 0 Å². The van der Waals surface area contributed by atoms with Gasteiger partial charge < -0.3 is 4.74 Å². The SMILES string of the molecule is CCCC(OC)C(Cc1ccn(C(C)CC)n1)NN. The van der Waals surface area contributed by atoms with Gasteiger partial charge in [-0.15, -0.1) is 0 Å². The minimum absolute atomic E-state index is 0.102. The first-order chi connectivity index (χ1) is 9.15. The summed E-state index contributed by atoms with van der Waals surface area (Å²) in [5.74, 6) is 5.66. The lowest BCUT2D eigenvalue weighted by Crippen LogP contribution is -2.46. The third-order valence-corrected chi connectivity index (χ3v) is 3.67. The van der Waals surface area contributed by atoms with Gasteiger partial charge in [0, 0.05) is 25.8 Å². The molecule has 3 atom stereocenters. The van der Waals surface area contributed by atoms with E-state index in [0.717, 1.165) is 31.4 Å². The molecular weight excluding hydrogens is 240 g/mol. The van der Waals surface area contributed by atoms with E-state index in [2.05, 4.69) is 37.4 Å². The van der Waals surface area contributed by atoms with Crippen molar-refractivity contribution in [3.8, 4) is 0 Å². The molecule has 0 radical (unpaired) electrons. The second kappa shape index (κ2) is 8.30. The number of methoxy groups -OCH3 is 1. The highest BCUT2D eigenvalue weighted by Crippen LogP contribution is 2.13. The Morgan fingerprint density at radius 2 is 2.21 bits per heavy atom. The maximum Gasteiger partial charge on any atom is 0.0741 e. The molecule has 5 nitrogen and oxygen atoms in total. The molecule has 1 heterocycles. The maximum absolute atomic E-state index is 5.66. The molecule has 1 rings (SSSR count). The topological polar surface area (TPSA) is 65.1 Å². The fourth-order valence-corrected chi connectivity index (χ4v) is 2.21. The molecule has 3 N–H and O–H groups in total. The molecular formula is C14H28N4O. The van der Waals surface area contributed by atoms with Crippen molar-refractivity contribution < 1.29 is 4.74 Å². The van der Waals surface area contributed by atoms with Crippen LogP contribution in [0.25, 0.3) is 0 Å². The van der Waals surface area contributed by atoms with Gasteiger partial charge in [0.25, 0.3) is 0 Å². The van der Waals surface area contributed by atoms with Gasteiger partial charge in [0.05, 0.1) is 17.8 Å². The van der Waals surface area contributed by atoms with E-state index in [9.17, 15) is 0 Å². The summed E-state index contributed by atoms with van der Waals surface area (Å²) >= 11 is 0. The van der Waals surface area contributed by atoms with E-state index in [1.807, 2.05) is 10.9 Å². The molecule has 0 bridgehead atoms. The van der Waals surface area contributed by atoms with Crippen molar-refractivity contribution in [2.75, 3.05) is 7.11 Å². The number of rotatable bonds is 9. The molecule has 0 saturated carbocycles. The molecule has 110 valence electrons. The van der Waals surface area contributed by atoms with Crippen molar-refractivity contribution in [3.63, 3.8) is 0 Å². The van der Waals surface area contributed by atoms with E-state index < -0.39 is 0 Å². The van der Waals surface area contributed by atoms with Crippen LogP contribution in [0.3, 0.4) is 0 Å². The van der Waals surface area contributed by atoms with Gasteiger partial charge in [-0.05, 0) is 25.8 Å². The number of nitrogens with zero attached hydrogens (tertiary/aromatic N) is 2. The highest BCUT2D eigenvalue weighted by Gasteiger charge is 2.20. The van der Waals surface area contributed by atoms with Crippen LogP contribution in [0, 0.1) is 0 Å². The number of nitrogens with one attached hydrogen (secondary N) is 1. The minimum atomic E-state index is 0.102. The molecule has 1 aromatic heterocycles. The Kier molecular flexibility index (Phi) is 7.05. The lowest BCUT2D eigenvalue weighted by Gasteiger charge is -2.24. The quantitative estimate of drug-likeness (QED) is 0.531. The highest BCUT2D eigenvalue weighted by atomic mass is 16.5. The summed E-state index contributed by atoms with van der Waals surface area (Å²) in [4.78, 5) is 0. The molecule has 19 heavy (non-hydrogen) atoms. The largest absolute Gasteiger partial charge is 0.380 e. The van der Waals surface area contributed by atoms with Crippen LogP contribution in [0.15, 0.2) is 12.3 Å². The minimum Gasteiger partial charge on any atom is -0.380 e. The number of aromatic nitrogens is 2. The summed E-state index contributed by atoms with van der Waals surface area (Å²) < 4.78 is 7.53. The first-order valence-electron chi connectivity index (χ1n) is 7.19. The Hall–Kier alpha value is -0.910. The molecule has 0 aliphatic heterocycles. The molecule has 0 aliphatic carbocycles. The number of hydrogen-bond acceptors (Lipinski definition) is 4. The van der Waals surface area contributed by atoms with Crippen molar-refractivity contribution in [2.24, 2.45) is 5.84 Å². The van der Waals surface area contributed by atoms with Crippen LogP contribution < -0.4 is 11.3 Å². The Morgan fingerprint density at radius 3 is 2.74 bits per heavy atom. The molecule has 3 unspecified atom stereocenters. The van der Waals surface area contributed by atoms with Crippen molar-refractivity contribution in [1.29, 1.82) is 0 Å². The number of ether oxygens (including phenoxy) is 1. The van der Waals surface area contributed by atoms with Gasteiger partial charge in [0.15, 0.2) is 0 Å². The Morgan fingerprint density at radius 1 is 1.47 bits per heavy atom. The molecule has 0 saturated heterocycles. The van der Waals surface area contributed by atoms with E-state index >= 15 is 0 Å². The average Bonchev–Trinajstić information content (AvgIpc) is 2.90. The van der Waals surface area contributed by atoms with E-state index in [1.54, 1.807) is 7.11 Å². The summed E-state index contributed by atoms with van der Waals surface area (Å²) in [5.41, 5.74) is 3.92. The Labute approximate surface area is 116 Å². The fourth-order valence-electron chi connectivity index (χ4n) is 2.21. The number of hydrazine groups is 1. The molecule has 0 aliphatic rings. The molecule has 0 aromatic carbocycles. The maximum atomic E-state index is 5.66. The zero-order valence-corrected chi connectivity index (χ0v) is 12.6. The van der Waals surface area contributed by atoms with Gasteiger partial charge in [0.2, 0.25) is 0 Å². The fraction of sp³-hybridized carbons (Fsp3) is 0.786. The van der Waals surface area contributed by atoms with E-state index in [-0.39, 0.29) is 12.1 Å². The normalized spacial score (nSPS) is 16.3. The van der Waals surface area contributed by atoms with Crippen molar-refractivity contribution in [1.82, 2.24) is 15.2 Å². The van der Waals surface area contributed by atoms with Crippen LogP contribution in [0.4, 0.5) is 0 Å². The number of hydrogen-bond donors (Lipinski definition) is 2. The zero-order chi connectivity index (χ0) is 14.3. The molecule has 0 fully saturated rings. The molecule has 5 heteroatoms. The molecule has 1 aromatic rings. The van der Waals surface area contributed by atoms with E-state index in [1.165, 1.54) is 0 Å². The van der Waals surface area contributed by atoms with Crippen LogP contribution in [0.5, 0.6) is 0 Å². The van der Waals surface area contributed by atoms with E-state index in [0.29, 0.717) is 6.04 Å². The van der Waals surface area contributed by atoms with Gasteiger partial charge >= 0.3 is 0 Å². The summed E-state index contributed by atoms with van der Waals surface area (Å²) in [6.07, 6.45) is 6.12.